The third-order valence-corrected chi connectivity index (χ3v) is 2.41. The maximum atomic E-state index is 11.7. The number of para-hydroxylation sites is 1. The molecular formula is C14H21NO3. The van der Waals surface area contributed by atoms with E-state index >= 15 is 0 Å². The van der Waals surface area contributed by atoms with E-state index in [9.17, 15) is 9.90 Å². The highest BCUT2D eigenvalue weighted by Gasteiger charge is 2.20. The number of aromatic hydroxyl groups is 1. The van der Waals surface area contributed by atoms with E-state index in [-0.39, 0.29) is 11.8 Å². The summed E-state index contributed by atoms with van der Waals surface area (Å²) in [4.78, 5) is 11.7. The van der Waals surface area contributed by atoms with Gasteiger partial charge in [-0.3, -0.25) is 0 Å². The molecule has 1 aromatic rings. The summed E-state index contributed by atoms with van der Waals surface area (Å²) in [5, 5.41) is 12.5. The van der Waals surface area contributed by atoms with Crippen LogP contribution in [0.1, 0.15) is 45.7 Å². The van der Waals surface area contributed by atoms with Crippen molar-refractivity contribution < 1.29 is 14.6 Å². The Hall–Kier alpha value is -1.71. The number of alkyl carbamates (subject to hydrolysis) is 1. The van der Waals surface area contributed by atoms with Crippen molar-refractivity contribution in [1.82, 2.24) is 5.32 Å². The molecule has 4 heteroatoms. The summed E-state index contributed by atoms with van der Waals surface area (Å²) >= 11 is 0. The standard InChI is InChI=1S/C14H21NO3/c1-5-11(10-8-6-7-9-12(10)16)15-13(17)18-14(2,3)4/h6-9,11,16H,5H2,1-4H3,(H,15,17). The second-order valence-electron chi connectivity index (χ2n) is 5.17. The van der Waals surface area contributed by atoms with Crippen LogP contribution >= 0.6 is 0 Å². The summed E-state index contributed by atoms with van der Waals surface area (Å²) in [7, 11) is 0. The van der Waals surface area contributed by atoms with Gasteiger partial charge in [0.05, 0.1) is 6.04 Å². The van der Waals surface area contributed by atoms with E-state index in [0.29, 0.717) is 12.0 Å². The predicted octanol–water partition coefficient (Wildman–Crippen LogP) is 3.37. The minimum atomic E-state index is -0.527. The van der Waals surface area contributed by atoms with Crippen LogP contribution in [-0.4, -0.2) is 16.8 Å². The molecule has 0 aromatic heterocycles. The van der Waals surface area contributed by atoms with Crippen molar-refractivity contribution in [3.8, 4) is 5.75 Å². The van der Waals surface area contributed by atoms with Crippen LogP contribution in [0.4, 0.5) is 4.79 Å². The molecular weight excluding hydrogens is 230 g/mol. The third-order valence-electron chi connectivity index (χ3n) is 2.41. The summed E-state index contributed by atoms with van der Waals surface area (Å²) in [5.74, 6) is 0.181. The van der Waals surface area contributed by atoms with E-state index in [4.69, 9.17) is 4.74 Å². The molecule has 0 saturated heterocycles. The van der Waals surface area contributed by atoms with Crippen molar-refractivity contribution in [2.45, 2.75) is 45.8 Å². The van der Waals surface area contributed by atoms with Gasteiger partial charge < -0.3 is 15.2 Å². The fraction of sp³-hybridized carbons (Fsp3) is 0.500. The number of carbonyl (C=O) groups is 1. The molecule has 18 heavy (non-hydrogen) atoms. The molecule has 100 valence electrons. The lowest BCUT2D eigenvalue weighted by molar-refractivity contribution is 0.0502. The zero-order chi connectivity index (χ0) is 13.8. The molecule has 0 spiro atoms. The summed E-state index contributed by atoms with van der Waals surface area (Å²) < 4.78 is 5.20. The van der Waals surface area contributed by atoms with Gasteiger partial charge in [0.15, 0.2) is 0 Å². The summed E-state index contributed by atoms with van der Waals surface area (Å²) in [6, 6.07) is 6.73. The summed E-state index contributed by atoms with van der Waals surface area (Å²) in [5.41, 5.74) is 0.173. The van der Waals surface area contributed by atoms with Crippen LogP contribution in [0.3, 0.4) is 0 Å². The van der Waals surface area contributed by atoms with E-state index in [0.717, 1.165) is 0 Å². The second-order valence-corrected chi connectivity index (χ2v) is 5.17. The van der Waals surface area contributed by atoms with Gasteiger partial charge in [0.25, 0.3) is 0 Å². The first-order valence-electron chi connectivity index (χ1n) is 6.11. The van der Waals surface area contributed by atoms with Crippen LogP contribution in [0.2, 0.25) is 0 Å². The highest BCUT2D eigenvalue weighted by molar-refractivity contribution is 5.68. The molecule has 1 aromatic carbocycles. The Bertz CT molecular complexity index is 410. The quantitative estimate of drug-likeness (QED) is 0.866. The Morgan fingerprint density at radius 3 is 2.50 bits per heavy atom. The zero-order valence-electron chi connectivity index (χ0n) is 11.4. The Morgan fingerprint density at radius 2 is 2.00 bits per heavy atom. The van der Waals surface area contributed by atoms with Crippen LogP contribution in [0, 0.1) is 0 Å². The van der Waals surface area contributed by atoms with Gasteiger partial charge in [-0.05, 0) is 33.3 Å². The van der Waals surface area contributed by atoms with Gasteiger partial charge in [-0.15, -0.1) is 0 Å². The van der Waals surface area contributed by atoms with Crippen LogP contribution in [0.15, 0.2) is 24.3 Å². The fourth-order valence-corrected chi connectivity index (χ4v) is 1.63. The van der Waals surface area contributed by atoms with Crippen molar-refractivity contribution in [3.05, 3.63) is 29.8 Å². The number of phenols is 1. The van der Waals surface area contributed by atoms with Crippen molar-refractivity contribution in [3.63, 3.8) is 0 Å². The van der Waals surface area contributed by atoms with Gasteiger partial charge in [0.2, 0.25) is 0 Å². The number of amides is 1. The highest BCUT2D eigenvalue weighted by Crippen LogP contribution is 2.26. The number of nitrogens with one attached hydrogen (secondary N) is 1. The number of hydrogen-bond acceptors (Lipinski definition) is 3. The van der Waals surface area contributed by atoms with Crippen molar-refractivity contribution in [2.75, 3.05) is 0 Å². The highest BCUT2D eigenvalue weighted by atomic mass is 16.6. The SMILES string of the molecule is CCC(NC(=O)OC(C)(C)C)c1ccccc1O. The van der Waals surface area contributed by atoms with Gasteiger partial charge in [-0.25, -0.2) is 4.79 Å². The molecule has 1 atom stereocenters. The molecule has 1 rings (SSSR count). The molecule has 0 fully saturated rings. The molecule has 2 N–H and O–H groups in total. The van der Waals surface area contributed by atoms with Gasteiger partial charge in [0, 0.05) is 5.56 Å². The summed E-state index contributed by atoms with van der Waals surface area (Å²) in [6.45, 7) is 7.38. The molecule has 0 aliphatic heterocycles. The fourth-order valence-electron chi connectivity index (χ4n) is 1.63. The van der Waals surface area contributed by atoms with Crippen molar-refractivity contribution in [2.24, 2.45) is 0 Å². The first-order valence-corrected chi connectivity index (χ1v) is 6.11. The number of carbonyl (C=O) groups excluding carboxylic acids is 1. The smallest absolute Gasteiger partial charge is 0.408 e. The molecule has 0 saturated carbocycles. The van der Waals surface area contributed by atoms with Crippen LogP contribution < -0.4 is 5.32 Å². The van der Waals surface area contributed by atoms with Gasteiger partial charge >= 0.3 is 6.09 Å². The van der Waals surface area contributed by atoms with Crippen LogP contribution in [0.25, 0.3) is 0 Å². The lowest BCUT2D eigenvalue weighted by Crippen LogP contribution is -2.34. The summed E-state index contributed by atoms with van der Waals surface area (Å²) in [6.07, 6.45) is 0.203. The second kappa shape index (κ2) is 5.76. The number of phenolic OH excluding ortho intramolecular Hbond substituents is 1. The average molecular weight is 251 g/mol. The number of benzene rings is 1. The molecule has 4 nitrogen and oxygen atoms in total. The van der Waals surface area contributed by atoms with Gasteiger partial charge in [-0.1, -0.05) is 25.1 Å². The van der Waals surface area contributed by atoms with E-state index in [1.807, 2.05) is 33.8 Å². The van der Waals surface area contributed by atoms with E-state index in [1.54, 1.807) is 18.2 Å². The predicted molar refractivity (Wildman–Crippen MR) is 70.5 cm³/mol. The molecule has 0 bridgehead atoms. The molecule has 1 amide bonds. The topological polar surface area (TPSA) is 58.6 Å². The first-order chi connectivity index (χ1) is 8.33. The third kappa shape index (κ3) is 4.28. The minimum Gasteiger partial charge on any atom is -0.508 e. The Balaban J connectivity index is 2.74. The average Bonchev–Trinajstić information content (AvgIpc) is 2.24. The first kappa shape index (κ1) is 14.4. The van der Waals surface area contributed by atoms with E-state index in [2.05, 4.69) is 5.32 Å². The lowest BCUT2D eigenvalue weighted by Gasteiger charge is -2.23. The van der Waals surface area contributed by atoms with Crippen molar-refractivity contribution >= 4 is 6.09 Å². The Labute approximate surface area is 108 Å². The number of ether oxygens (including phenoxy) is 1. The zero-order valence-corrected chi connectivity index (χ0v) is 11.4. The van der Waals surface area contributed by atoms with Crippen LogP contribution in [0.5, 0.6) is 5.75 Å². The number of rotatable bonds is 3. The minimum absolute atomic E-state index is 0.181. The molecule has 1 unspecified atom stereocenters. The monoisotopic (exact) mass is 251 g/mol. The molecule has 0 heterocycles. The number of hydrogen-bond donors (Lipinski definition) is 2. The molecule has 0 aliphatic carbocycles. The maximum Gasteiger partial charge on any atom is 0.408 e. The van der Waals surface area contributed by atoms with Crippen molar-refractivity contribution in [1.29, 1.82) is 0 Å². The van der Waals surface area contributed by atoms with Crippen LogP contribution in [-0.2, 0) is 4.74 Å². The van der Waals surface area contributed by atoms with Gasteiger partial charge in [-0.2, -0.15) is 0 Å². The van der Waals surface area contributed by atoms with Gasteiger partial charge in [0.1, 0.15) is 11.4 Å². The normalized spacial score (nSPS) is 12.9. The largest absolute Gasteiger partial charge is 0.508 e. The lowest BCUT2D eigenvalue weighted by atomic mass is 10.0. The van der Waals surface area contributed by atoms with E-state index < -0.39 is 11.7 Å². The molecule has 0 radical (unpaired) electrons. The molecule has 0 aliphatic rings. The Kier molecular flexibility index (Phi) is 4.59. The maximum absolute atomic E-state index is 11.7. The Morgan fingerprint density at radius 1 is 1.39 bits per heavy atom. The van der Waals surface area contributed by atoms with E-state index in [1.165, 1.54) is 0 Å².